The second-order valence-corrected chi connectivity index (χ2v) is 9.73. The molecule has 0 atom stereocenters. The molecule has 0 aliphatic carbocycles. The molecule has 0 spiro atoms. The van der Waals surface area contributed by atoms with Gasteiger partial charge in [0.1, 0.15) is 29.5 Å². The molecule has 1 N–H and O–H groups in total. The van der Waals surface area contributed by atoms with Crippen LogP contribution in [0.3, 0.4) is 0 Å². The normalized spacial score (nSPS) is 12.8. The lowest BCUT2D eigenvalue weighted by Crippen LogP contribution is -2.22. The predicted octanol–water partition coefficient (Wildman–Crippen LogP) is 4.92. The van der Waals surface area contributed by atoms with Crippen molar-refractivity contribution >= 4 is 27.8 Å². The lowest BCUT2D eigenvalue weighted by molar-refractivity contribution is 0.0596. The van der Waals surface area contributed by atoms with Gasteiger partial charge in [0, 0.05) is 17.7 Å². The Bertz CT molecular complexity index is 1410. The Labute approximate surface area is 209 Å². The Morgan fingerprint density at radius 2 is 1.94 bits per heavy atom. The van der Waals surface area contributed by atoms with E-state index in [-0.39, 0.29) is 34.1 Å². The Morgan fingerprint density at radius 3 is 2.67 bits per heavy atom. The van der Waals surface area contributed by atoms with E-state index in [1.165, 1.54) is 25.5 Å². The Kier molecular flexibility index (Phi) is 7.46. The number of hydrogen-bond acceptors (Lipinski definition) is 7. The Balaban J connectivity index is 1.73. The predicted molar refractivity (Wildman–Crippen MR) is 134 cm³/mol. The zero-order chi connectivity index (χ0) is 25.9. The first kappa shape index (κ1) is 25.5. The fraction of sp³-hybridized carbons (Fsp3) is 0.269. The molecule has 0 saturated heterocycles. The maximum Gasteiger partial charge on any atom is 0.343 e. The molecule has 0 radical (unpaired) electrons. The molecule has 3 aromatic rings. The number of fused-ring (bicyclic) bond motifs is 3. The fourth-order valence-corrected chi connectivity index (χ4v) is 5.32. The van der Waals surface area contributed by atoms with Crippen LogP contribution in [0.15, 0.2) is 58.1 Å². The van der Waals surface area contributed by atoms with Crippen molar-refractivity contribution in [1.82, 2.24) is 4.90 Å². The number of benzene rings is 2. The third-order valence-electron chi connectivity index (χ3n) is 5.99. The first-order valence-corrected chi connectivity index (χ1v) is 12.9. The van der Waals surface area contributed by atoms with E-state index >= 15 is 0 Å². The number of anilines is 1. The molecular weight excluding hydrogens is 487 g/mol. The zero-order valence-electron chi connectivity index (χ0n) is 20.2. The van der Waals surface area contributed by atoms with Gasteiger partial charge < -0.3 is 18.8 Å². The summed E-state index contributed by atoms with van der Waals surface area (Å²) < 4.78 is 59.5. The number of ether oxygens (including phenoxy) is 2. The van der Waals surface area contributed by atoms with Crippen molar-refractivity contribution in [3.05, 3.63) is 71.4 Å². The number of esters is 1. The second-order valence-electron chi connectivity index (χ2n) is 8.08. The summed E-state index contributed by atoms with van der Waals surface area (Å²) in [5, 5.41) is 0. The van der Waals surface area contributed by atoms with E-state index in [1.807, 2.05) is 13.8 Å². The summed E-state index contributed by atoms with van der Waals surface area (Å²) in [5.74, 6) is -0.548. The van der Waals surface area contributed by atoms with Crippen LogP contribution >= 0.6 is 0 Å². The van der Waals surface area contributed by atoms with Gasteiger partial charge in [-0.25, -0.2) is 17.6 Å². The molecule has 0 bridgehead atoms. The fourth-order valence-electron chi connectivity index (χ4n) is 4.07. The minimum Gasteiger partial charge on any atom is -0.484 e. The SMILES string of the molecule is CCN(CC)CC=Cc1cc(F)ccc1S(=O)(=O)Nc1ccc2c(c1C(=O)OC)OCc1occc1-2. The first-order chi connectivity index (χ1) is 17.3. The number of rotatable bonds is 9. The van der Waals surface area contributed by atoms with Gasteiger partial charge in [-0.2, -0.15) is 0 Å². The molecule has 190 valence electrons. The number of methoxy groups -OCH3 is 1. The van der Waals surface area contributed by atoms with Crippen LogP contribution in [0.5, 0.6) is 5.75 Å². The molecule has 1 aliphatic rings. The molecule has 4 rings (SSSR count). The van der Waals surface area contributed by atoms with Crippen molar-refractivity contribution in [2.75, 3.05) is 31.5 Å². The van der Waals surface area contributed by atoms with E-state index in [9.17, 15) is 17.6 Å². The topological polar surface area (TPSA) is 98.1 Å². The molecule has 0 amide bonds. The molecule has 10 heteroatoms. The van der Waals surface area contributed by atoms with Gasteiger partial charge in [-0.3, -0.25) is 4.72 Å². The summed E-state index contributed by atoms with van der Waals surface area (Å²) >= 11 is 0. The van der Waals surface area contributed by atoms with Crippen LogP contribution in [-0.2, 0) is 21.4 Å². The molecule has 0 saturated carbocycles. The van der Waals surface area contributed by atoms with Gasteiger partial charge in [-0.1, -0.05) is 26.0 Å². The first-order valence-electron chi connectivity index (χ1n) is 11.4. The van der Waals surface area contributed by atoms with Crippen molar-refractivity contribution in [1.29, 1.82) is 0 Å². The number of likely N-dealkylation sites (N-methyl/N-ethyl adjacent to an activating group) is 1. The minimum absolute atomic E-state index is 0.0186. The number of furan rings is 1. The Hall–Kier alpha value is -3.63. The van der Waals surface area contributed by atoms with E-state index in [0.29, 0.717) is 17.9 Å². The summed E-state index contributed by atoms with van der Waals surface area (Å²) in [7, 11) is -3.03. The third-order valence-corrected chi connectivity index (χ3v) is 7.43. The van der Waals surface area contributed by atoms with E-state index in [0.717, 1.165) is 30.8 Å². The van der Waals surface area contributed by atoms with Crippen molar-refractivity contribution in [2.24, 2.45) is 0 Å². The molecule has 1 aliphatic heterocycles. The molecule has 1 aromatic heterocycles. The van der Waals surface area contributed by atoms with Crippen molar-refractivity contribution in [2.45, 2.75) is 25.3 Å². The average molecular weight is 515 g/mol. The van der Waals surface area contributed by atoms with Crippen LogP contribution in [-0.4, -0.2) is 46.0 Å². The molecule has 0 unspecified atom stereocenters. The van der Waals surface area contributed by atoms with Gasteiger partial charge in [-0.05, 0) is 55.1 Å². The summed E-state index contributed by atoms with van der Waals surface area (Å²) in [4.78, 5) is 14.7. The number of nitrogens with zero attached hydrogens (tertiary/aromatic N) is 1. The second kappa shape index (κ2) is 10.5. The summed E-state index contributed by atoms with van der Waals surface area (Å²) in [6.45, 7) is 6.36. The highest BCUT2D eigenvalue weighted by Crippen LogP contribution is 2.43. The van der Waals surface area contributed by atoms with Crippen LogP contribution in [0, 0.1) is 5.82 Å². The smallest absolute Gasteiger partial charge is 0.343 e. The highest BCUT2D eigenvalue weighted by molar-refractivity contribution is 7.92. The van der Waals surface area contributed by atoms with Gasteiger partial charge in [0.2, 0.25) is 0 Å². The number of hydrogen-bond donors (Lipinski definition) is 1. The molecule has 36 heavy (non-hydrogen) atoms. The average Bonchev–Trinajstić information content (AvgIpc) is 3.35. The maximum atomic E-state index is 14.0. The number of carbonyl (C=O) groups is 1. The summed E-state index contributed by atoms with van der Waals surface area (Å²) in [5.41, 5.74) is 1.43. The van der Waals surface area contributed by atoms with E-state index in [1.54, 1.807) is 24.3 Å². The van der Waals surface area contributed by atoms with Crippen molar-refractivity contribution in [3.63, 3.8) is 0 Å². The number of sulfonamides is 1. The van der Waals surface area contributed by atoms with Gasteiger partial charge in [0.15, 0.2) is 0 Å². The van der Waals surface area contributed by atoms with Crippen molar-refractivity contribution in [3.8, 4) is 16.9 Å². The van der Waals surface area contributed by atoms with Crippen LogP contribution in [0.4, 0.5) is 10.1 Å². The van der Waals surface area contributed by atoms with Gasteiger partial charge in [0.25, 0.3) is 10.0 Å². The highest BCUT2D eigenvalue weighted by Gasteiger charge is 2.30. The quantitative estimate of drug-likeness (QED) is 0.405. The van der Waals surface area contributed by atoms with Gasteiger partial charge >= 0.3 is 5.97 Å². The zero-order valence-corrected chi connectivity index (χ0v) is 21.0. The lowest BCUT2D eigenvalue weighted by Gasteiger charge is -2.22. The van der Waals surface area contributed by atoms with Crippen LogP contribution in [0.2, 0.25) is 0 Å². The molecule has 8 nitrogen and oxygen atoms in total. The number of halogens is 1. The van der Waals surface area contributed by atoms with Crippen LogP contribution < -0.4 is 9.46 Å². The molecule has 0 fully saturated rings. The van der Waals surface area contributed by atoms with Gasteiger partial charge in [0.05, 0.1) is 24.0 Å². The van der Waals surface area contributed by atoms with Crippen LogP contribution in [0.25, 0.3) is 17.2 Å². The van der Waals surface area contributed by atoms with Crippen molar-refractivity contribution < 1.29 is 31.5 Å². The molecule has 2 heterocycles. The standard InChI is InChI=1S/C26H27FN2O6S/c1-4-29(5-2)13-6-7-17-15-18(27)8-11-23(17)36(31,32)28-21-10-9-20-19-12-14-34-22(19)16-35-25(20)24(21)26(30)33-3/h6-12,14-15,28H,4-5,13,16H2,1-3H3. The van der Waals surface area contributed by atoms with E-state index in [4.69, 9.17) is 13.9 Å². The van der Waals surface area contributed by atoms with E-state index < -0.39 is 21.8 Å². The van der Waals surface area contributed by atoms with Gasteiger partial charge in [-0.15, -0.1) is 0 Å². The van der Waals surface area contributed by atoms with Crippen LogP contribution in [0.1, 0.15) is 35.5 Å². The maximum absolute atomic E-state index is 14.0. The summed E-state index contributed by atoms with van der Waals surface area (Å²) in [6.07, 6.45) is 4.88. The third kappa shape index (κ3) is 5.00. The summed E-state index contributed by atoms with van der Waals surface area (Å²) in [6, 6.07) is 8.28. The molecule has 2 aromatic carbocycles. The monoisotopic (exact) mass is 514 g/mol. The van der Waals surface area contributed by atoms with E-state index in [2.05, 4.69) is 9.62 Å². The lowest BCUT2D eigenvalue weighted by atomic mass is 9.98. The Morgan fingerprint density at radius 1 is 1.17 bits per heavy atom. The number of carbonyl (C=O) groups excluding carboxylic acids is 1. The largest absolute Gasteiger partial charge is 0.484 e. The molecular formula is C26H27FN2O6S. The minimum atomic E-state index is -4.23. The number of nitrogens with one attached hydrogen (secondary N) is 1. The highest BCUT2D eigenvalue weighted by atomic mass is 32.2.